The molecule has 5 nitrogen and oxygen atoms in total. The number of benzene rings is 1. The van der Waals surface area contributed by atoms with Crippen molar-refractivity contribution >= 4 is 44.7 Å². The first-order valence-corrected chi connectivity index (χ1v) is 10.6. The number of hydrogen-bond donors (Lipinski definition) is 1. The average Bonchev–Trinajstić information content (AvgIpc) is 3.03. The number of rotatable bonds is 3. The zero-order chi connectivity index (χ0) is 20.0. The van der Waals surface area contributed by atoms with Crippen LogP contribution >= 0.6 is 22.9 Å². The molecule has 0 fully saturated rings. The van der Waals surface area contributed by atoms with Crippen molar-refractivity contribution in [3.63, 3.8) is 0 Å². The largest absolute Gasteiger partial charge is 0.324 e. The van der Waals surface area contributed by atoms with Crippen LogP contribution in [-0.4, -0.2) is 15.5 Å². The second-order valence-electron chi connectivity index (χ2n) is 7.57. The van der Waals surface area contributed by atoms with Crippen LogP contribution in [0.25, 0.3) is 10.2 Å². The van der Waals surface area contributed by atoms with Gasteiger partial charge in [-0.25, -0.2) is 4.98 Å². The minimum Gasteiger partial charge on any atom is -0.324 e. The van der Waals surface area contributed by atoms with E-state index in [9.17, 15) is 9.59 Å². The highest BCUT2D eigenvalue weighted by atomic mass is 35.5. The van der Waals surface area contributed by atoms with Gasteiger partial charge in [0.25, 0.3) is 5.56 Å². The van der Waals surface area contributed by atoms with E-state index in [1.807, 2.05) is 6.92 Å². The Bertz CT molecular complexity index is 1130. The van der Waals surface area contributed by atoms with Crippen LogP contribution in [0.1, 0.15) is 42.3 Å². The predicted octanol–water partition coefficient (Wildman–Crippen LogP) is 4.74. The summed E-state index contributed by atoms with van der Waals surface area (Å²) in [4.78, 5) is 32.5. The van der Waals surface area contributed by atoms with Gasteiger partial charge in [-0.2, -0.15) is 0 Å². The fraction of sp³-hybridized carbons (Fsp3) is 0.381. The maximum Gasteiger partial charge on any atom is 0.263 e. The van der Waals surface area contributed by atoms with Gasteiger partial charge in [-0.3, -0.25) is 14.2 Å². The SMILES string of the molecule is Cc1c(Cl)cccc1NC(=O)[C@@H](C)n1cnc2sc3c(c2c1=O)CC[C@H](C)C3. The first kappa shape index (κ1) is 19.2. The minimum absolute atomic E-state index is 0.137. The van der Waals surface area contributed by atoms with Gasteiger partial charge in [-0.1, -0.05) is 24.6 Å². The van der Waals surface area contributed by atoms with E-state index < -0.39 is 6.04 Å². The summed E-state index contributed by atoms with van der Waals surface area (Å²) in [6.45, 7) is 5.80. The summed E-state index contributed by atoms with van der Waals surface area (Å²) >= 11 is 7.75. The van der Waals surface area contributed by atoms with Gasteiger partial charge in [-0.05, 0) is 62.3 Å². The van der Waals surface area contributed by atoms with E-state index in [-0.39, 0.29) is 11.5 Å². The fourth-order valence-electron chi connectivity index (χ4n) is 3.73. The zero-order valence-corrected chi connectivity index (χ0v) is 17.7. The topological polar surface area (TPSA) is 64.0 Å². The summed E-state index contributed by atoms with van der Waals surface area (Å²) in [6, 6.07) is 4.68. The highest BCUT2D eigenvalue weighted by Gasteiger charge is 2.25. The Labute approximate surface area is 172 Å². The molecule has 0 bridgehead atoms. The molecule has 0 aliphatic heterocycles. The molecule has 146 valence electrons. The van der Waals surface area contributed by atoms with Crippen molar-refractivity contribution in [1.29, 1.82) is 0 Å². The highest BCUT2D eigenvalue weighted by molar-refractivity contribution is 7.18. The van der Waals surface area contributed by atoms with Crippen LogP contribution in [0.5, 0.6) is 0 Å². The van der Waals surface area contributed by atoms with Gasteiger partial charge in [0.15, 0.2) is 0 Å². The van der Waals surface area contributed by atoms with Gasteiger partial charge in [0.05, 0.1) is 11.7 Å². The Morgan fingerprint density at radius 2 is 2.21 bits per heavy atom. The summed E-state index contributed by atoms with van der Waals surface area (Å²) in [5, 5.41) is 4.15. The van der Waals surface area contributed by atoms with Crippen LogP contribution in [-0.2, 0) is 17.6 Å². The van der Waals surface area contributed by atoms with Gasteiger partial charge in [0.1, 0.15) is 10.9 Å². The number of hydrogen-bond acceptors (Lipinski definition) is 4. The molecule has 28 heavy (non-hydrogen) atoms. The number of thiophene rings is 1. The molecule has 7 heteroatoms. The van der Waals surface area contributed by atoms with Crippen LogP contribution in [0.4, 0.5) is 5.69 Å². The molecule has 3 aromatic rings. The van der Waals surface area contributed by atoms with Gasteiger partial charge >= 0.3 is 0 Å². The van der Waals surface area contributed by atoms with E-state index in [0.717, 1.165) is 35.2 Å². The Morgan fingerprint density at radius 3 is 3.00 bits per heavy atom. The van der Waals surface area contributed by atoms with Crippen molar-refractivity contribution in [2.75, 3.05) is 5.32 Å². The number of nitrogens with zero attached hydrogens (tertiary/aromatic N) is 2. The Balaban J connectivity index is 1.68. The van der Waals surface area contributed by atoms with Gasteiger partial charge in [0, 0.05) is 15.6 Å². The third-order valence-corrected chi connectivity index (χ3v) is 7.13. The molecular weight excluding hydrogens is 394 g/mol. The maximum absolute atomic E-state index is 13.2. The monoisotopic (exact) mass is 415 g/mol. The van der Waals surface area contributed by atoms with E-state index in [1.54, 1.807) is 36.5 Å². The molecule has 0 unspecified atom stereocenters. The number of anilines is 1. The molecule has 2 atom stereocenters. The van der Waals surface area contributed by atoms with Gasteiger partial charge in [0.2, 0.25) is 5.91 Å². The number of aryl methyl sites for hydroxylation is 1. The van der Waals surface area contributed by atoms with Crippen molar-refractivity contribution in [2.24, 2.45) is 5.92 Å². The van der Waals surface area contributed by atoms with Crippen LogP contribution < -0.4 is 10.9 Å². The van der Waals surface area contributed by atoms with E-state index in [0.29, 0.717) is 22.0 Å². The van der Waals surface area contributed by atoms with E-state index in [1.165, 1.54) is 15.8 Å². The molecule has 2 aromatic heterocycles. The fourth-order valence-corrected chi connectivity index (χ4v) is 5.24. The Morgan fingerprint density at radius 1 is 1.43 bits per heavy atom. The van der Waals surface area contributed by atoms with Crippen LogP contribution in [0.3, 0.4) is 0 Å². The lowest BCUT2D eigenvalue weighted by atomic mass is 9.89. The van der Waals surface area contributed by atoms with E-state index in [2.05, 4.69) is 17.2 Å². The molecule has 4 rings (SSSR count). The summed E-state index contributed by atoms with van der Waals surface area (Å²) in [6.07, 6.45) is 4.47. The molecular formula is C21H22ClN3O2S. The second-order valence-corrected chi connectivity index (χ2v) is 9.06. The van der Waals surface area contributed by atoms with Crippen LogP contribution in [0.15, 0.2) is 29.3 Å². The first-order valence-electron chi connectivity index (χ1n) is 9.44. The molecule has 1 amide bonds. The number of nitrogens with one attached hydrogen (secondary N) is 1. The molecule has 1 aliphatic carbocycles. The van der Waals surface area contributed by atoms with E-state index in [4.69, 9.17) is 11.6 Å². The third kappa shape index (κ3) is 3.25. The summed E-state index contributed by atoms with van der Waals surface area (Å²) in [7, 11) is 0. The molecule has 1 aromatic carbocycles. The normalized spacial score (nSPS) is 17.4. The summed E-state index contributed by atoms with van der Waals surface area (Å²) < 4.78 is 1.43. The smallest absolute Gasteiger partial charge is 0.263 e. The van der Waals surface area contributed by atoms with Crippen LogP contribution in [0, 0.1) is 12.8 Å². The van der Waals surface area contributed by atoms with Gasteiger partial charge in [-0.15, -0.1) is 11.3 Å². The lowest BCUT2D eigenvalue weighted by Gasteiger charge is -2.18. The number of fused-ring (bicyclic) bond motifs is 3. The lowest BCUT2D eigenvalue weighted by Crippen LogP contribution is -2.32. The molecule has 0 radical (unpaired) electrons. The highest BCUT2D eigenvalue weighted by Crippen LogP contribution is 2.35. The molecule has 2 heterocycles. The molecule has 1 aliphatic rings. The molecule has 0 saturated heterocycles. The summed E-state index contributed by atoms with van der Waals surface area (Å²) in [5.41, 5.74) is 2.44. The number of carbonyl (C=O) groups excluding carboxylic acids is 1. The van der Waals surface area contributed by atoms with Crippen molar-refractivity contribution in [3.8, 4) is 0 Å². The zero-order valence-electron chi connectivity index (χ0n) is 16.1. The minimum atomic E-state index is -0.680. The summed E-state index contributed by atoms with van der Waals surface area (Å²) in [5.74, 6) is 0.361. The van der Waals surface area contributed by atoms with Crippen molar-refractivity contribution in [3.05, 3.63) is 55.9 Å². The molecule has 0 spiro atoms. The van der Waals surface area contributed by atoms with Crippen LogP contribution in [0.2, 0.25) is 5.02 Å². The first-order chi connectivity index (χ1) is 13.4. The third-order valence-electron chi connectivity index (χ3n) is 5.56. The number of aromatic nitrogens is 2. The Kier molecular flexibility index (Phi) is 5.02. The van der Waals surface area contributed by atoms with Gasteiger partial charge < -0.3 is 5.32 Å². The lowest BCUT2D eigenvalue weighted by molar-refractivity contribution is -0.118. The quantitative estimate of drug-likeness (QED) is 0.671. The Hall–Kier alpha value is -2.18. The second kappa shape index (κ2) is 7.33. The number of halogens is 1. The molecule has 0 saturated carbocycles. The van der Waals surface area contributed by atoms with Crippen molar-refractivity contribution in [2.45, 2.75) is 46.1 Å². The van der Waals surface area contributed by atoms with E-state index >= 15 is 0 Å². The predicted molar refractivity (Wildman–Crippen MR) is 115 cm³/mol. The maximum atomic E-state index is 13.2. The number of carbonyl (C=O) groups is 1. The van der Waals surface area contributed by atoms with Crippen molar-refractivity contribution < 1.29 is 4.79 Å². The molecule has 1 N–H and O–H groups in total. The standard InChI is InChI=1S/C21H22ClN3O2S/c1-11-7-8-14-17(9-11)28-20-18(14)21(27)25(10-23-20)13(3)19(26)24-16-6-4-5-15(22)12(16)2/h4-6,10-11,13H,7-9H2,1-3H3,(H,24,26)/t11-,13+/m0/s1. The average molecular weight is 416 g/mol. The number of amides is 1. The van der Waals surface area contributed by atoms with Crippen molar-refractivity contribution in [1.82, 2.24) is 9.55 Å².